The van der Waals surface area contributed by atoms with Gasteiger partial charge in [-0.2, -0.15) is 0 Å². The quantitative estimate of drug-likeness (QED) is 0.743. The fraction of sp³-hybridized carbons (Fsp3) is 0.409. The number of methoxy groups -OCH3 is 1. The van der Waals surface area contributed by atoms with E-state index in [0.717, 1.165) is 17.5 Å². The van der Waals surface area contributed by atoms with E-state index in [4.69, 9.17) is 4.74 Å². The number of benzene rings is 2. The number of anilines is 1. The molecule has 3 rings (SSSR count). The molecule has 29 heavy (non-hydrogen) atoms. The van der Waals surface area contributed by atoms with Gasteiger partial charge in [-0.3, -0.25) is 4.79 Å². The Morgan fingerprint density at radius 3 is 2.48 bits per heavy atom. The first kappa shape index (κ1) is 21.3. The standard InChI is InChI=1S/C22H28N2O4S/c1-5-19(17-9-8-15(2)16(3)13-17)23-29(26,27)18-10-11-21(28-4)20(14-18)24-12-6-7-22(24)25/h8-11,13-14,19,23H,5-7,12H2,1-4H3/t19-/m1/s1. The number of nitrogens with zero attached hydrogens (tertiary/aromatic N) is 1. The Morgan fingerprint density at radius 1 is 1.14 bits per heavy atom. The molecule has 1 amide bonds. The number of carbonyl (C=O) groups excluding carboxylic acids is 1. The van der Waals surface area contributed by atoms with Crippen LogP contribution in [-0.2, 0) is 14.8 Å². The van der Waals surface area contributed by atoms with Crippen LogP contribution in [0.4, 0.5) is 5.69 Å². The van der Waals surface area contributed by atoms with Crippen molar-refractivity contribution in [1.29, 1.82) is 0 Å². The van der Waals surface area contributed by atoms with E-state index in [-0.39, 0.29) is 16.8 Å². The summed E-state index contributed by atoms with van der Waals surface area (Å²) in [4.78, 5) is 13.9. The van der Waals surface area contributed by atoms with Gasteiger partial charge in [0.1, 0.15) is 5.75 Å². The highest BCUT2D eigenvalue weighted by Gasteiger charge is 2.27. The fourth-order valence-corrected chi connectivity index (χ4v) is 4.90. The number of carbonyl (C=O) groups is 1. The summed E-state index contributed by atoms with van der Waals surface area (Å²) in [5, 5.41) is 0. The Morgan fingerprint density at radius 2 is 1.90 bits per heavy atom. The third-order valence-corrected chi connectivity index (χ3v) is 6.93. The summed E-state index contributed by atoms with van der Waals surface area (Å²) >= 11 is 0. The van der Waals surface area contributed by atoms with Crippen LogP contribution in [0.15, 0.2) is 41.3 Å². The number of nitrogens with one attached hydrogen (secondary N) is 1. The van der Waals surface area contributed by atoms with E-state index in [9.17, 15) is 13.2 Å². The number of sulfonamides is 1. The van der Waals surface area contributed by atoms with Gasteiger partial charge >= 0.3 is 0 Å². The van der Waals surface area contributed by atoms with Crippen molar-refractivity contribution >= 4 is 21.6 Å². The molecule has 0 bridgehead atoms. The van der Waals surface area contributed by atoms with Gasteiger partial charge in [0.25, 0.3) is 0 Å². The predicted octanol–water partition coefficient (Wildman–Crippen LogP) is 3.87. The van der Waals surface area contributed by atoms with E-state index >= 15 is 0 Å². The molecule has 156 valence electrons. The Labute approximate surface area is 172 Å². The highest BCUT2D eigenvalue weighted by molar-refractivity contribution is 7.89. The van der Waals surface area contributed by atoms with Crippen molar-refractivity contribution < 1.29 is 17.9 Å². The maximum atomic E-state index is 13.1. The van der Waals surface area contributed by atoms with Gasteiger partial charge in [0.15, 0.2) is 0 Å². The minimum Gasteiger partial charge on any atom is -0.495 e. The molecule has 1 aliphatic heterocycles. The monoisotopic (exact) mass is 416 g/mol. The number of ether oxygens (including phenoxy) is 1. The van der Waals surface area contributed by atoms with E-state index < -0.39 is 10.0 Å². The summed E-state index contributed by atoms with van der Waals surface area (Å²) in [5.41, 5.74) is 3.72. The van der Waals surface area contributed by atoms with E-state index in [0.29, 0.717) is 30.8 Å². The summed E-state index contributed by atoms with van der Waals surface area (Å²) < 4.78 is 34.4. The summed E-state index contributed by atoms with van der Waals surface area (Å²) in [6, 6.07) is 10.3. The zero-order valence-corrected chi connectivity index (χ0v) is 18.2. The molecule has 7 heteroatoms. The first-order chi connectivity index (χ1) is 13.8. The maximum absolute atomic E-state index is 13.1. The van der Waals surface area contributed by atoms with Crippen LogP contribution in [0.3, 0.4) is 0 Å². The second-order valence-electron chi connectivity index (χ2n) is 7.41. The molecule has 1 aliphatic rings. The lowest BCUT2D eigenvalue weighted by Crippen LogP contribution is -2.29. The van der Waals surface area contributed by atoms with Gasteiger partial charge in [0, 0.05) is 19.0 Å². The maximum Gasteiger partial charge on any atom is 0.241 e. The topological polar surface area (TPSA) is 75.7 Å². The number of hydrogen-bond donors (Lipinski definition) is 1. The van der Waals surface area contributed by atoms with Crippen LogP contribution in [0.2, 0.25) is 0 Å². The smallest absolute Gasteiger partial charge is 0.241 e. The molecule has 1 saturated heterocycles. The molecule has 0 spiro atoms. The zero-order valence-electron chi connectivity index (χ0n) is 17.4. The van der Waals surface area contributed by atoms with E-state index in [1.54, 1.807) is 11.0 Å². The fourth-order valence-electron chi connectivity index (χ4n) is 3.57. The van der Waals surface area contributed by atoms with Gasteiger partial charge in [0.2, 0.25) is 15.9 Å². The van der Waals surface area contributed by atoms with E-state index in [1.807, 2.05) is 39.0 Å². The third-order valence-electron chi connectivity index (χ3n) is 5.46. The van der Waals surface area contributed by atoms with E-state index in [1.165, 1.54) is 24.8 Å². The summed E-state index contributed by atoms with van der Waals surface area (Å²) in [6.07, 6.45) is 1.83. The molecule has 0 saturated carbocycles. The molecular weight excluding hydrogens is 388 g/mol. The lowest BCUT2D eigenvalue weighted by molar-refractivity contribution is -0.117. The van der Waals surface area contributed by atoms with Crippen LogP contribution in [-0.4, -0.2) is 28.0 Å². The van der Waals surface area contributed by atoms with Crippen molar-refractivity contribution in [3.63, 3.8) is 0 Å². The minimum absolute atomic E-state index is 0.0210. The van der Waals surface area contributed by atoms with Crippen molar-refractivity contribution in [2.24, 2.45) is 0 Å². The number of amides is 1. The molecule has 0 radical (unpaired) electrons. The highest BCUT2D eigenvalue weighted by Crippen LogP contribution is 2.34. The molecule has 2 aromatic carbocycles. The largest absolute Gasteiger partial charge is 0.495 e. The lowest BCUT2D eigenvalue weighted by atomic mass is 10.0. The van der Waals surface area contributed by atoms with Crippen LogP contribution in [0.5, 0.6) is 5.75 Å². The Bertz CT molecular complexity index is 1020. The molecular formula is C22H28N2O4S. The van der Waals surface area contributed by atoms with Gasteiger partial charge in [-0.05, 0) is 61.6 Å². The van der Waals surface area contributed by atoms with Crippen LogP contribution in [0.25, 0.3) is 0 Å². The van der Waals surface area contributed by atoms with Crippen molar-refractivity contribution in [1.82, 2.24) is 4.72 Å². The van der Waals surface area contributed by atoms with Gasteiger partial charge in [0.05, 0.1) is 17.7 Å². The molecule has 0 unspecified atom stereocenters. The second-order valence-corrected chi connectivity index (χ2v) is 9.12. The van der Waals surface area contributed by atoms with Crippen molar-refractivity contribution in [3.8, 4) is 5.75 Å². The lowest BCUT2D eigenvalue weighted by Gasteiger charge is -2.22. The molecule has 6 nitrogen and oxygen atoms in total. The molecule has 1 N–H and O–H groups in total. The van der Waals surface area contributed by atoms with Crippen LogP contribution in [0.1, 0.15) is 48.9 Å². The number of rotatable bonds is 7. The number of hydrogen-bond acceptors (Lipinski definition) is 4. The SMILES string of the molecule is CC[C@@H](NS(=O)(=O)c1ccc(OC)c(N2CCCC2=O)c1)c1ccc(C)c(C)c1. The van der Waals surface area contributed by atoms with Gasteiger partial charge in [-0.15, -0.1) is 0 Å². The average Bonchev–Trinajstić information content (AvgIpc) is 3.13. The van der Waals surface area contributed by atoms with Crippen molar-refractivity contribution in [3.05, 3.63) is 53.1 Å². The first-order valence-corrected chi connectivity index (χ1v) is 11.3. The average molecular weight is 417 g/mol. The molecule has 2 aromatic rings. The van der Waals surface area contributed by atoms with Gasteiger partial charge in [-0.1, -0.05) is 25.1 Å². The van der Waals surface area contributed by atoms with Gasteiger partial charge < -0.3 is 9.64 Å². The van der Waals surface area contributed by atoms with Gasteiger partial charge in [-0.25, -0.2) is 13.1 Å². The van der Waals surface area contributed by atoms with Crippen LogP contribution < -0.4 is 14.4 Å². The van der Waals surface area contributed by atoms with Crippen molar-refractivity contribution in [2.75, 3.05) is 18.6 Å². The first-order valence-electron chi connectivity index (χ1n) is 9.84. The highest BCUT2D eigenvalue weighted by atomic mass is 32.2. The zero-order chi connectivity index (χ0) is 21.2. The molecule has 1 fully saturated rings. The second kappa shape index (κ2) is 8.55. The molecule has 1 atom stereocenters. The normalized spacial score (nSPS) is 15.6. The molecule has 0 aromatic heterocycles. The molecule has 0 aliphatic carbocycles. The summed E-state index contributed by atoms with van der Waals surface area (Å²) in [6.45, 7) is 6.56. The Hall–Kier alpha value is -2.38. The van der Waals surface area contributed by atoms with E-state index in [2.05, 4.69) is 4.72 Å². The van der Waals surface area contributed by atoms with Crippen LogP contribution in [0, 0.1) is 13.8 Å². The van der Waals surface area contributed by atoms with Crippen LogP contribution >= 0.6 is 0 Å². The Balaban J connectivity index is 1.93. The molecule has 1 heterocycles. The summed E-state index contributed by atoms with van der Waals surface area (Å²) in [7, 11) is -2.27. The third kappa shape index (κ3) is 4.46. The Kier molecular flexibility index (Phi) is 6.29. The predicted molar refractivity (Wildman–Crippen MR) is 114 cm³/mol. The minimum atomic E-state index is -3.78. The number of aryl methyl sites for hydroxylation is 2. The van der Waals surface area contributed by atoms with Crippen molar-refractivity contribution in [2.45, 2.75) is 51.0 Å². The summed E-state index contributed by atoms with van der Waals surface area (Å²) in [5.74, 6) is 0.466.